The zero-order chi connectivity index (χ0) is 24.2. The van der Waals surface area contributed by atoms with Gasteiger partial charge >= 0.3 is 12.1 Å². The van der Waals surface area contributed by atoms with E-state index < -0.39 is 12.1 Å². The molecule has 180 valence electrons. The van der Waals surface area contributed by atoms with E-state index >= 15 is 0 Å². The van der Waals surface area contributed by atoms with Crippen LogP contribution in [0.3, 0.4) is 0 Å². The van der Waals surface area contributed by atoms with Crippen LogP contribution in [-0.2, 0) is 16.1 Å². The van der Waals surface area contributed by atoms with E-state index in [2.05, 4.69) is 15.5 Å². The summed E-state index contributed by atoms with van der Waals surface area (Å²) in [6, 6.07) is 3.59. The normalized spacial score (nSPS) is 18.6. The second kappa shape index (κ2) is 10.2. The van der Waals surface area contributed by atoms with Crippen molar-refractivity contribution in [1.29, 1.82) is 0 Å². The molecule has 2 aromatic heterocycles. The summed E-state index contributed by atoms with van der Waals surface area (Å²) in [5, 5.41) is 16.1. The van der Waals surface area contributed by atoms with Crippen molar-refractivity contribution >= 4 is 12.1 Å². The SMILES string of the molecule is Cc1nc(-c2onc(C)c2CNC(=O)OCC(C)(C)C)ccc1O[C@H]1CCC[C@H](C(=O)O)C1. The van der Waals surface area contributed by atoms with Gasteiger partial charge in [0, 0.05) is 5.56 Å². The summed E-state index contributed by atoms with van der Waals surface area (Å²) in [6.07, 6.45) is 2.20. The third-order valence-corrected chi connectivity index (χ3v) is 5.57. The Labute approximate surface area is 193 Å². The Kier molecular flexibility index (Phi) is 7.61. The number of carbonyl (C=O) groups is 2. The van der Waals surface area contributed by atoms with E-state index in [0.717, 1.165) is 18.4 Å². The van der Waals surface area contributed by atoms with Gasteiger partial charge in [0.15, 0.2) is 5.76 Å². The molecular weight excluding hydrogens is 426 g/mol. The number of aryl methyl sites for hydroxylation is 2. The molecule has 0 saturated heterocycles. The molecule has 1 aliphatic carbocycles. The quantitative estimate of drug-likeness (QED) is 0.613. The predicted molar refractivity (Wildman–Crippen MR) is 121 cm³/mol. The summed E-state index contributed by atoms with van der Waals surface area (Å²) in [5.41, 5.74) is 2.50. The first-order valence-electron chi connectivity index (χ1n) is 11.3. The molecule has 1 amide bonds. The number of aromatic nitrogens is 2. The van der Waals surface area contributed by atoms with Gasteiger partial charge in [0.1, 0.15) is 11.4 Å². The highest BCUT2D eigenvalue weighted by atomic mass is 16.5. The Hall–Kier alpha value is -3.10. The van der Waals surface area contributed by atoms with Crippen molar-refractivity contribution in [2.24, 2.45) is 11.3 Å². The number of pyridine rings is 1. The number of carbonyl (C=O) groups excluding carboxylic acids is 1. The zero-order valence-corrected chi connectivity index (χ0v) is 19.9. The van der Waals surface area contributed by atoms with Gasteiger partial charge in [-0.15, -0.1) is 0 Å². The first kappa shape index (κ1) is 24.5. The van der Waals surface area contributed by atoms with E-state index in [1.54, 1.807) is 13.0 Å². The second-order valence-corrected chi connectivity index (χ2v) is 9.79. The van der Waals surface area contributed by atoms with Gasteiger partial charge in [0.2, 0.25) is 0 Å². The van der Waals surface area contributed by atoms with Crippen molar-refractivity contribution in [2.75, 3.05) is 6.61 Å². The molecule has 2 atom stereocenters. The van der Waals surface area contributed by atoms with Gasteiger partial charge in [0.25, 0.3) is 0 Å². The van der Waals surface area contributed by atoms with E-state index in [-0.39, 0.29) is 24.0 Å². The monoisotopic (exact) mass is 459 g/mol. The molecule has 9 heteroatoms. The van der Waals surface area contributed by atoms with Gasteiger partial charge in [-0.25, -0.2) is 9.78 Å². The van der Waals surface area contributed by atoms with Crippen molar-refractivity contribution in [3.63, 3.8) is 0 Å². The third kappa shape index (κ3) is 6.69. The minimum atomic E-state index is -0.766. The number of hydrogen-bond acceptors (Lipinski definition) is 7. The molecule has 2 heterocycles. The van der Waals surface area contributed by atoms with Crippen molar-refractivity contribution in [2.45, 2.75) is 73.0 Å². The Balaban J connectivity index is 1.67. The van der Waals surface area contributed by atoms with Crippen molar-refractivity contribution < 1.29 is 28.7 Å². The van der Waals surface area contributed by atoms with Crippen molar-refractivity contribution in [3.05, 3.63) is 29.1 Å². The van der Waals surface area contributed by atoms with Crippen LogP contribution in [0.25, 0.3) is 11.5 Å². The van der Waals surface area contributed by atoms with Gasteiger partial charge < -0.3 is 24.4 Å². The summed E-state index contributed by atoms with van der Waals surface area (Å²) in [6.45, 7) is 10.1. The van der Waals surface area contributed by atoms with E-state index in [1.807, 2.05) is 33.8 Å². The molecule has 0 unspecified atom stereocenters. The first-order valence-corrected chi connectivity index (χ1v) is 11.3. The largest absolute Gasteiger partial charge is 0.489 e. The summed E-state index contributed by atoms with van der Waals surface area (Å²) >= 11 is 0. The van der Waals surface area contributed by atoms with Gasteiger partial charge in [-0.2, -0.15) is 0 Å². The highest BCUT2D eigenvalue weighted by Crippen LogP contribution is 2.31. The molecule has 3 rings (SSSR count). The minimum absolute atomic E-state index is 0.118. The van der Waals surface area contributed by atoms with Gasteiger partial charge in [-0.1, -0.05) is 25.9 Å². The van der Waals surface area contributed by atoms with Gasteiger partial charge in [0.05, 0.1) is 36.6 Å². The lowest BCUT2D eigenvalue weighted by Crippen LogP contribution is -2.29. The molecule has 2 aromatic rings. The number of carboxylic acid groups (broad SMARTS) is 1. The molecule has 1 saturated carbocycles. The first-order chi connectivity index (χ1) is 15.5. The van der Waals surface area contributed by atoms with Crippen LogP contribution in [0, 0.1) is 25.2 Å². The van der Waals surface area contributed by atoms with Crippen LogP contribution in [0.15, 0.2) is 16.7 Å². The van der Waals surface area contributed by atoms with Crippen LogP contribution < -0.4 is 10.1 Å². The van der Waals surface area contributed by atoms with Gasteiger partial charge in [-0.3, -0.25) is 4.79 Å². The molecule has 9 nitrogen and oxygen atoms in total. The second-order valence-electron chi connectivity index (χ2n) is 9.79. The lowest BCUT2D eigenvalue weighted by atomic mass is 9.87. The smallest absolute Gasteiger partial charge is 0.407 e. The molecular formula is C24H33N3O6. The average Bonchev–Trinajstić information content (AvgIpc) is 3.12. The number of amides is 1. The Morgan fingerprint density at radius 3 is 2.64 bits per heavy atom. The van der Waals surface area contributed by atoms with E-state index in [0.29, 0.717) is 48.0 Å². The minimum Gasteiger partial charge on any atom is -0.489 e. The maximum absolute atomic E-state index is 12.0. The van der Waals surface area contributed by atoms with Crippen LogP contribution in [0.5, 0.6) is 5.75 Å². The van der Waals surface area contributed by atoms with Crippen LogP contribution in [0.4, 0.5) is 4.79 Å². The molecule has 2 N–H and O–H groups in total. The summed E-state index contributed by atoms with van der Waals surface area (Å²) in [7, 11) is 0. The van der Waals surface area contributed by atoms with E-state index in [1.165, 1.54) is 0 Å². The fourth-order valence-electron chi connectivity index (χ4n) is 3.75. The Morgan fingerprint density at radius 1 is 1.21 bits per heavy atom. The van der Waals surface area contributed by atoms with Crippen LogP contribution in [0.2, 0.25) is 0 Å². The van der Waals surface area contributed by atoms with E-state index in [9.17, 15) is 14.7 Å². The molecule has 0 radical (unpaired) electrons. The number of hydrogen-bond donors (Lipinski definition) is 2. The number of nitrogens with one attached hydrogen (secondary N) is 1. The number of ether oxygens (including phenoxy) is 2. The molecule has 33 heavy (non-hydrogen) atoms. The lowest BCUT2D eigenvalue weighted by molar-refractivity contribution is -0.143. The molecule has 1 fully saturated rings. The maximum atomic E-state index is 12.0. The predicted octanol–water partition coefficient (Wildman–Crippen LogP) is 4.65. The Bertz CT molecular complexity index is 995. The number of rotatable bonds is 7. The average molecular weight is 460 g/mol. The number of nitrogens with zero attached hydrogens (tertiary/aromatic N) is 2. The third-order valence-electron chi connectivity index (χ3n) is 5.57. The number of carboxylic acids is 1. The van der Waals surface area contributed by atoms with Crippen LogP contribution in [-0.4, -0.2) is 40.0 Å². The fraction of sp³-hybridized carbons (Fsp3) is 0.583. The zero-order valence-electron chi connectivity index (χ0n) is 19.9. The molecule has 0 aromatic carbocycles. The maximum Gasteiger partial charge on any atom is 0.407 e. The Morgan fingerprint density at radius 2 is 1.97 bits per heavy atom. The molecule has 0 bridgehead atoms. The van der Waals surface area contributed by atoms with E-state index in [4.69, 9.17) is 14.0 Å². The number of alkyl carbamates (subject to hydrolysis) is 1. The fourth-order valence-corrected chi connectivity index (χ4v) is 3.75. The molecule has 0 spiro atoms. The van der Waals surface area contributed by atoms with Gasteiger partial charge in [-0.05, 0) is 57.1 Å². The lowest BCUT2D eigenvalue weighted by Gasteiger charge is -2.27. The van der Waals surface area contributed by atoms with Crippen molar-refractivity contribution in [3.8, 4) is 17.2 Å². The highest BCUT2D eigenvalue weighted by Gasteiger charge is 2.28. The van der Waals surface area contributed by atoms with Crippen molar-refractivity contribution in [1.82, 2.24) is 15.5 Å². The van der Waals surface area contributed by atoms with Crippen LogP contribution in [0.1, 0.15) is 63.4 Å². The molecule has 1 aliphatic rings. The molecule has 0 aliphatic heterocycles. The summed E-state index contributed by atoms with van der Waals surface area (Å²) in [4.78, 5) is 28.0. The topological polar surface area (TPSA) is 124 Å². The number of aliphatic carboxylic acids is 1. The highest BCUT2D eigenvalue weighted by molar-refractivity contribution is 5.70. The summed E-state index contributed by atoms with van der Waals surface area (Å²) in [5.74, 6) is -0.0328. The standard InChI is InChI=1S/C24H33N3O6/c1-14-18(12-25-23(30)31-13-24(3,4)5)21(33-27-14)19-9-10-20(15(2)26-19)32-17-8-6-7-16(11-17)22(28)29/h9-10,16-17H,6-8,11-13H2,1-5H3,(H,25,30)(H,28,29)/t16-,17-/m0/s1. The summed E-state index contributed by atoms with van der Waals surface area (Å²) < 4.78 is 16.8. The van der Waals surface area contributed by atoms with Crippen LogP contribution >= 0.6 is 0 Å².